The average molecular weight is 119 g/mol. The molecule has 0 fully saturated rings. The van der Waals surface area contributed by atoms with E-state index in [1.807, 2.05) is 0 Å². The smallest absolute Gasteiger partial charge is 0.0427 e. The van der Waals surface area contributed by atoms with Gasteiger partial charge in [0, 0.05) is 19.8 Å². The van der Waals surface area contributed by atoms with Gasteiger partial charge in [-0.3, -0.25) is 0 Å². The zero-order chi connectivity index (χ0) is 6.27. The van der Waals surface area contributed by atoms with Gasteiger partial charge in [-0.15, -0.1) is 0 Å². The van der Waals surface area contributed by atoms with E-state index in [4.69, 9.17) is 0 Å². The Balaban J connectivity index is 2.40. The summed E-state index contributed by atoms with van der Waals surface area (Å²) in [6.45, 7) is 1.09. The van der Waals surface area contributed by atoms with Gasteiger partial charge in [0.25, 0.3) is 0 Å². The van der Waals surface area contributed by atoms with E-state index in [0.29, 0.717) is 0 Å². The normalized spacial score (nSPS) is 22.1. The Hall–Kier alpha value is -0.980. The molecule has 1 heterocycles. The first kappa shape index (κ1) is 4.86. The largest absolute Gasteiger partial charge is 0.376 e. The fraction of sp³-hybridized carbons (Fsp3) is 0.250. The van der Waals surface area contributed by atoms with Crippen LogP contribution in [0.2, 0.25) is 0 Å². The Morgan fingerprint density at radius 1 is 1.56 bits per heavy atom. The molecule has 1 aliphatic carbocycles. The third-order valence-corrected chi connectivity index (χ3v) is 1.72. The van der Waals surface area contributed by atoms with Crippen LogP contribution in [0, 0.1) is 0 Å². The van der Waals surface area contributed by atoms with Gasteiger partial charge in [-0.05, 0) is 11.1 Å². The van der Waals surface area contributed by atoms with Crippen molar-refractivity contribution in [2.45, 2.75) is 0 Å². The van der Waals surface area contributed by atoms with Crippen LogP contribution in [0.3, 0.4) is 0 Å². The summed E-state index contributed by atoms with van der Waals surface area (Å²) in [4.78, 5) is 2.20. The molecule has 2 rings (SSSR count). The van der Waals surface area contributed by atoms with Crippen molar-refractivity contribution in [3.63, 3.8) is 0 Å². The molecule has 0 aromatic heterocycles. The lowest BCUT2D eigenvalue weighted by atomic mass is 10.2. The van der Waals surface area contributed by atoms with Crippen LogP contribution in [0.4, 0.5) is 0 Å². The van der Waals surface area contributed by atoms with E-state index in [2.05, 4.69) is 36.4 Å². The highest BCUT2D eigenvalue weighted by molar-refractivity contribution is 5.51. The number of rotatable bonds is 0. The molecular formula is C8H9N. The molecule has 0 unspecified atom stereocenters. The maximum absolute atomic E-state index is 2.20. The van der Waals surface area contributed by atoms with Gasteiger partial charge in [0.2, 0.25) is 0 Å². The zero-order valence-corrected chi connectivity index (χ0v) is 5.46. The quantitative estimate of drug-likeness (QED) is 0.464. The molecule has 0 aromatic carbocycles. The van der Waals surface area contributed by atoms with E-state index < -0.39 is 0 Å². The molecule has 1 nitrogen and oxygen atoms in total. The predicted molar refractivity (Wildman–Crippen MR) is 37.9 cm³/mol. The SMILES string of the molecule is CN1C=C2C=CC=C2C1. The van der Waals surface area contributed by atoms with Gasteiger partial charge in [0.1, 0.15) is 0 Å². The standard InChI is InChI=1S/C8H9N/c1-9-5-7-3-2-4-8(7)6-9/h2-5H,6H2,1H3. The fourth-order valence-electron chi connectivity index (χ4n) is 1.29. The maximum Gasteiger partial charge on any atom is 0.0427 e. The molecule has 0 bridgehead atoms. The second-order valence-electron chi connectivity index (χ2n) is 2.55. The topological polar surface area (TPSA) is 3.24 Å². The maximum atomic E-state index is 2.20. The van der Waals surface area contributed by atoms with E-state index >= 15 is 0 Å². The van der Waals surface area contributed by atoms with E-state index in [1.54, 1.807) is 0 Å². The Kier molecular flexibility index (Phi) is 0.810. The lowest BCUT2D eigenvalue weighted by molar-refractivity contribution is 0.523. The monoisotopic (exact) mass is 119 g/mol. The number of nitrogens with zero attached hydrogens (tertiary/aromatic N) is 1. The molecule has 9 heavy (non-hydrogen) atoms. The number of hydrogen-bond donors (Lipinski definition) is 0. The van der Waals surface area contributed by atoms with Gasteiger partial charge in [-0.2, -0.15) is 0 Å². The minimum Gasteiger partial charge on any atom is -0.376 e. The average Bonchev–Trinajstić information content (AvgIpc) is 2.22. The Morgan fingerprint density at radius 2 is 2.44 bits per heavy atom. The molecule has 0 aromatic rings. The van der Waals surface area contributed by atoms with Gasteiger partial charge >= 0.3 is 0 Å². The van der Waals surface area contributed by atoms with Crippen LogP contribution >= 0.6 is 0 Å². The van der Waals surface area contributed by atoms with Crippen LogP contribution in [-0.4, -0.2) is 18.5 Å². The molecule has 0 radical (unpaired) electrons. The van der Waals surface area contributed by atoms with E-state index in [0.717, 1.165) is 6.54 Å². The predicted octanol–water partition coefficient (Wildman–Crippen LogP) is 1.31. The highest BCUT2D eigenvalue weighted by Gasteiger charge is 2.14. The van der Waals surface area contributed by atoms with Crippen molar-refractivity contribution in [1.82, 2.24) is 4.90 Å². The van der Waals surface area contributed by atoms with Gasteiger partial charge in [0.05, 0.1) is 0 Å². The molecule has 0 N–H and O–H groups in total. The van der Waals surface area contributed by atoms with Crippen LogP contribution in [0.5, 0.6) is 0 Å². The second-order valence-corrected chi connectivity index (χ2v) is 2.55. The van der Waals surface area contributed by atoms with Gasteiger partial charge in [0.15, 0.2) is 0 Å². The van der Waals surface area contributed by atoms with E-state index in [1.165, 1.54) is 11.1 Å². The molecule has 0 atom stereocenters. The highest BCUT2D eigenvalue weighted by Crippen LogP contribution is 2.24. The van der Waals surface area contributed by atoms with E-state index in [9.17, 15) is 0 Å². The number of fused-ring (bicyclic) bond motifs is 1. The Morgan fingerprint density at radius 3 is 3.22 bits per heavy atom. The summed E-state index contributed by atoms with van der Waals surface area (Å²) in [5, 5.41) is 0. The lowest BCUT2D eigenvalue weighted by Gasteiger charge is -2.03. The van der Waals surface area contributed by atoms with Crippen molar-refractivity contribution in [2.24, 2.45) is 0 Å². The van der Waals surface area contributed by atoms with Crippen LogP contribution in [0.15, 0.2) is 35.6 Å². The summed E-state index contributed by atoms with van der Waals surface area (Å²) < 4.78 is 0. The van der Waals surface area contributed by atoms with Crippen LogP contribution < -0.4 is 0 Å². The van der Waals surface area contributed by atoms with Crippen molar-refractivity contribution < 1.29 is 0 Å². The molecule has 0 saturated carbocycles. The molecule has 0 spiro atoms. The number of allylic oxidation sites excluding steroid dienone is 3. The Labute approximate surface area is 55.0 Å². The molecule has 0 saturated heterocycles. The summed E-state index contributed by atoms with van der Waals surface area (Å²) in [5.74, 6) is 0. The molecular weight excluding hydrogens is 110 g/mol. The fourth-order valence-corrected chi connectivity index (χ4v) is 1.29. The minimum atomic E-state index is 1.09. The summed E-state index contributed by atoms with van der Waals surface area (Å²) >= 11 is 0. The third-order valence-electron chi connectivity index (χ3n) is 1.72. The summed E-state index contributed by atoms with van der Waals surface area (Å²) in [6.07, 6.45) is 8.61. The Bertz CT molecular complexity index is 221. The summed E-state index contributed by atoms with van der Waals surface area (Å²) in [6, 6.07) is 0. The van der Waals surface area contributed by atoms with Gasteiger partial charge in [-0.25, -0.2) is 0 Å². The molecule has 1 heteroatoms. The summed E-state index contributed by atoms with van der Waals surface area (Å²) in [7, 11) is 2.10. The highest BCUT2D eigenvalue weighted by atomic mass is 15.1. The lowest BCUT2D eigenvalue weighted by Crippen LogP contribution is -2.06. The molecule has 46 valence electrons. The first-order valence-electron chi connectivity index (χ1n) is 3.16. The van der Waals surface area contributed by atoms with Crippen molar-refractivity contribution >= 4 is 0 Å². The molecule has 0 amide bonds. The zero-order valence-electron chi connectivity index (χ0n) is 5.46. The van der Waals surface area contributed by atoms with Crippen molar-refractivity contribution in [2.75, 3.05) is 13.6 Å². The second kappa shape index (κ2) is 1.50. The minimum absolute atomic E-state index is 1.09. The first-order chi connectivity index (χ1) is 4.36. The van der Waals surface area contributed by atoms with Crippen molar-refractivity contribution in [3.8, 4) is 0 Å². The van der Waals surface area contributed by atoms with Crippen molar-refractivity contribution in [1.29, 1.82) is 0 Å². The number of likely N-dealkylation sites (N-methyl/N-ethyl adjacent to an activating group) is 1. The summed E-state index contributed by atoms with van der Waals surface area (Å²) in [5.41, 5.74) is 2.84. The van der Waals surface area contributed by atoms with Crippen LogP contribution in [0.1, 0.15) is 0 Å². The molecule has 1 aliphatic heterocycles. The van der Waals surface area contributed by atoms with E-state index in [-0.39, 0.29) is 0 Å². The van der Waals surface area contributed by atoms with Gasteiger partial charge in [-0.1, -0.05) is 18.2 Å². The van der Waals surface area contributed by atoms with Crippen molar-refractivity contribution in [3.05, 3.63) is 35.6 Å². The van der Waals surface area contributed by atoms with Crippen LogP contribution in [-0.2, 0) is 0 Å². The molecule has 2 aliphatic rings. The first-order valence-corrected chi connectivity index (χ1v) is 3.16. The number of hydrogen-bond acceptors (Lipinski definition) is 1. The third kappa shape index (κ3) is 0.611. The van der Waals surface area contributed by atoms with Gasteiger partial charge < -0.3 is 4.90 Å². The van der Waals surface area contributed by atoms with Crippen LogP contribution in [0.25, 0.3) is 0 Å².